The van der Waals surface area contributed by atoms with Crippen LogP contribution < -0.4 is 11.1 Å². The highest BCUT2D eigenvalue weighted by molar-refractivity contribution is 7.08. The summed E-state index contributed by atoms with van der Waals surface area (Å²) in [5, 5.41) is 17.9. The molecule has 4 N–H and O–H groups in total. The molecule has 0 radical (unpaired) electrons. The maximum Gasteiger partial charge on any atom is 0.264 e. The number of nitrogens with two attached hydrogens (primary N) is 1. The number of amides is 1. The van der Waals surface area contributed by atoms with Gasteiger partial charge in [0.1, 0.15) is 10.7 Å². The molecule has 1 rings (SSSR count). The molecule has 0 fully saturated rings. The molecule has 1 heterocycles. The van der Waals surface area contributed by atoms with Gasteiger partial charge in [-0.05, 0) is 23.9 Å². The fourth-order valence-electron chi connectivity index (χ4n) is 1.33. The van der Waals surface area contributed by atoms with E-state index >= 15 is 0 Å². The number of amidine groups is 1. The first-order chi connectivity index (χ1) is 8.56. The standard InChI is InChI=1S/C10H17N5O2S/c1-6(2)8-9(18-15-13-8)10(16)12-5-3-4-7(11)14-17/h6,17H,3-5H2,1-2H3,(H2,11,14)(H,12,16). The Kier molecular flexibility index (Phi) is 5.50. The van der Waals surface area contributed by atoms with Crippen LogP contribution in [0.5, 0.6) is 0 Å². The lowest BCUT2D eigenvalue weighted by Crippen LogP contribution is -2.26. The smallest absolute Gasteiger partial charge is 0.264 e. The number of aromatic nitrogens is 2. The van der Waals surface area contributed by atoms with Crippen molar-refractivity contribution in [1.82, 2.24) is 14.9 Å². The monoisotopic (exact) mass is 271 g/mol. The number of rotatable bonds is 6. The molecule has 0 aliphatic heterocycles. The van der Waals surface area contributed by atoms with E-state index in [4.69, 9.17) is 10.9 Å². The van der Waals surface area contributed by atoms with Gasteiger partial charge in [0.05, 0.1) is 5.69 Å². The number of nitrogens with one attached hydrogen (secondary N) is 1. The summed E-state index contributed by atoms with van der Waals surface area (Å²) in [5.74, 6) is 0.154. The normalized spacial score (nSPS) is 11.8. The van der Waals surface area contributed by atoms with Gasteiger partial charge in [-0.3, -0.25) is 4.79 Å². The molecule has 0 saturated heterocycles. The summed E-state index contributed by atoms with van der Waals surface area (Å²) in [7, 11) is 0. The Morgan fingerprint density at radius 1 is 1.61 bits per heavy atom. The topological polar surface area (TPSA) is 113 Å². The lowest BCUT2D eigenvalue weighted by atomic mass is 10.1. The van der Waals surface area contributed by atoms with Crippen LogP contribution in [0.4, 0.5) is 0 Å². The minimum absolute atomic E-state index is 0.159. The Morgan fingerprint density at radius 3 is 2.94 bits per heavy atom. The second kappa shape index (κ2) is 6.90. The molecule has 0 spiro atoms. The third-order valence-corrected chi connectivity index (χ3v) is 3.03. The van der Waals surface area contributed by atoms with Crippen molar-refractivity contribution in [3.8, 4) is 0 Å². The van der Waals surface area contributed by atoms with Gasteiger partial charge in [-0.1, -0.05) is 23.5 Å². The summed E-state index contributed by atoms with van der Waals surface area (Å²) in [4.78, 5) is 12.4. The number of hydrogen-bond donors (Lipinski definition) is 3. The van der Waals surface area contributed by atoms with Crippen molar-refractivity contribution in [2.75, 3.05) is 6.54 Å². The molecular weight excluding hydrogens is 254 g/mol. The van der Waals surface area contributed by atoms with Gasteiger partial charge < -0.3 is 16.3 Å². The highest BCUT2D eigenvalue weighted by atomic mass is 32.1. The largest absolute Gasteiger partial charge is 0.409 e. The van der Waals surface area contributed by atoms with Gasteiger partial charge in [0, 0.05) is 13.0 Å². The molecule has 7 nitrogen and oxygen atoms in total. The Labute approximate surface area is 109 Å². The lowest BCUT2D eigenvalue weighted by molar-refractivity contribution is 0.0956. The van der Waals surface area contributed by atoms with Crippen LogP contribution in [0.1, 0.15) is 48.0 Å². The van der Waals surface area contributed by atoms with Crippen molar-refractivity contribution in [3.63, 3.8) is 0 Å². The first-order valence-corrected chi connectivity index (χ1v) is 6.40. The van der Waals surface area contributed by atoms with Crippen molar-refractivity contribution in [2.24, 2.45) is 10.9 Å². The van der Waals surface area contributed by atoms with E-state index in [-0.39, 0.29) is 17.7 Å². The third-order valence-electron chi connectivity index (χ3n) is 2.29. The molecule has 0 bridgehead atoms. The fourth-order valence-corrected chi connectivity index (χ4v) is 2.07. The lowest BCUT2D eigenvalue weighted by Gasteiger charge is -2.05. The van der Waals surface area contributed by atoms with Crippen molar-refractivity contribution in [3.05, 3.63) is 10.6 Å². The van der Waals surface area contributed by atoms with Gasteiger partial charge in [0.2, 0.25) is 0 Å². The number of nitrogens with zero attached hydrogens (tertiary/aromatic N) is 3. The molecule has 1 aromatic heterocycles. The molecular formula is C10H17N5O2S. The van der Waals surface area contributed by atoms with Crippen LogP contribution in [0.3, 0.4) is 0 Å². The SMILES string of the molecule is CC(C)c1nnsc1C(=O)NCCCC(N)=NO. The first kappa shape index (κ1) is 14.4. The Morgan fingerprint density at radius 2 is 2.33 bits per heavy atom. The molecule has 8 heteroatoms. The summed E-state index contributed by atoms with van der Waals surface area (Å²) in [5.41, 5.74) is 6.03. The molecule has 1 amide bonds. The Bertz CT molecular complexity index is 430. The van der Waals surface area contributed by atoms with Crippen molar-refractivity contribution in [2.45, 2.75) is 32.6 Å². The van der Waals surface area contributed by atoms with E-state index in [0.717, 1.165) is 11.5 Å². The van der Waals surface area contributed by atoms with Crippen LogP contribution in [0.25, 0.3) is 0 Å². The van der Waals surface area contributed by atoms with Crippen LogP contribution in [-0.4, -0.2) is 33.1 Å². The number of carbonyl (C=O) groups excluding carboxylic acids is 1. The van der Waals surface area contributed by atoms with E-state index in [9.17, 15) is 4.79 Å². The van der Waals surface area contributed by atoms with E-state index in [2.05, 4.69) is 20.1 Å². The zero-order valence-corrected chi connectivity index (χ0v) is 11.2. The number of hydrogen-bond acceptors (Lipinski definition) is 6. The summed E-state index contributed by atoms with van der Waals surface area (Å²) >= 11 is 1.09. The minimum atomic E-state index is -0.173. The Hall–Kier alpha value is -1.70. The molecule has 0 unspecified atom stereocenters. The van der Waals surface area contributed by atoms with Gasteiger partial charge in [0.15, 0.2) is 0 Å². The van der Waals surface area contributed by atoms with Gasteiger partial charge >= 0.3 is 0 Å². The maximum atomic E-state index is 11.9. The predicted octanol–water partition coefficient (Wildman–Crippen LogP) is 0.918. The first-order valence-electron chi connectivity index (χ1n) is 5.63. The average molecular weight is 271 g/mol. The molecule has 0 aliphatic carbocycles. The molecule has 0 aromatic carbocycles. The van der Waals surface area contributed by atoms with Crippen molar-refractivity contribution >= 4 is 23.3 Å². The predicted molar refractivity (Wildman–Crippen MR) is 69.0 cm³/mol. The van der Waals surface area contributed by atoms with E-state index in [1.54, 1.807) is 0 Å². The highest BCUT2D eigenvalue weighted by Crippen LogP contribution is 2.19. The molecule has 18 heavy (non-hydrogen) atoms. The minimum Gasteiger partial charge on any atom is -0.409 e. The van der Waals surface area contributed by atoms with Crippen LogP contribution in [-0.2, 0) is 0 Å². The zero-order valence-electron chi connectivity index (χ0n) is 10.4. The van der Waals surface area contributed by atoms with Crippen molar-refractivity contribution in [1.29, 1.82) is 0 Å². The molecule has 1 aromatic rings. The molecule has 0 aliphatic rings. The van der Waals surface area contributed by atoms with E-state index < -0.39 is 0 Å². The highest BCUT2D eigenvalue weighted by Gasteiger charge is 2.17. The molecule has 0 saturated carbocycles. The summed E-state index contributed by atoms with van der Waals surface area (Å²) < 4.78 is 3.79. The van der Waals surface area contributed by atoms with Gasteiger partial charge in [0.25, 0.3) is 5.91 Å². The van der Waals surface area contributed by atoms with Crippen LogP contribution >= 0.6 is 11.5 Å². The summed E-state index contributed by atoms with van der Waals surface area (Å²) in [6.45, 7) is 4.39. The maximum absolute atomic E-state index is 11.9. The number of oxime groups is 1. The number of carbonyl (C=O) groups is 1. The van der Waals surface area contributed by atoms with Gasteiger partial charge in [-0.25, -0.2) is 0 Å². The van der Waals surface area contributed by atoms with Gasteiger partial charge in [-0.2, -0.15) is 0 Å². The van der Waals surface area contributed by atoms with E-state index in [0.29, 0.717) is 30.0 Å². The zero-order chi connectivity index (χ0) is 13.5. The third kappa shape index (κ3) is 3.95. The summed E-state index contributed by atoms with van der Waals surface area (Å²) in [6, 6.07) is 0. The second-order valence-corrected chi connectivity index (χ2v) is 4.85. The van der Waals surface area contributed by atoms with Crippen LogP contribution in [0.2, 0.25) is 0 Å². The van der Waals surface area contributed by atoms with Gasteiger partial charge in [-0.15, -0.1) is 5.10 Å². The molecule has 100 valence electrons. The van der Waals surface area contributed by atoms with E-state index in [1.807, 2.05) is 13.8 Å². The summed E-state index contributed by atoms with van der Waals surface area (Å²) in [6.07, 6.45) is 1.06. The second-order valence-electron chi connectivity index (χ2n) is 4.09. The van der Waals surface area contributed by atoms with Crippen LogP contribution in [0.15, 0.2) is 5.16 Å². The quantitative estimate of drug-likeness (QED) is 0.234. The average Bonchev–Trinajstić information content (AvgIpc) is 2.83. The van der Waals surface area contributed by atoms with Crippen molar-refractivity contribution < 1.29 is 10.0 Å². The molecule has 0 atom stereocenters. The van der Waals surface area contributed by atoms with E-state index in [1.165, 1.54) is 0 Å². The Balaban J connectivity index is 2.43. The fraction of sp³-hybridized carbons (Fsp3) is 0.600. The van der Waals surface area contributed by atoms with Crippen LogP contribution in [0, 0.1) is 0 Å².